The molecule has 1 saturated heterocycles. The molecule has 3 unspecified atom stereocenters. The highest BCUT2D eigenvalue weighted by Crippen LogP contribution is 2.43. The van der Waals surface area contributed by atoms with E-state index in [4.69, 9.17) is 4.74 Å². The van der Waals surface area contributed by atoms with E-state index < -0.39 is 11.6 Å². The summed E-state index contributed by atoms with van der Waals surface area (Å²) in [4.78, 5) is 7.08. The van der Waals surface area contributed by atoms with E-state index in [0.29, 0.717) is 24.8 Å². The highest BCUT2D eigenvalue weighted by Gasteiger charge is 2.42. The lowest BCUT2D eigenvalue weighted by Gasteiger charge is -2.33. The molecule has 0 amide bonds. The third kappa shape index (κ3) is 5.64. The molecule has 1 aromatic carbocycles. The summed E-state index contributed by atoms with van der Waals surface area (Å²) in [5.41, 5.74) is 0.177. The number of halogens is 2. The van der Waals surface area contributed by atoms with E-state index in [2.05, 4.69) is 34.4 Å². The molecule has 0 radical (unpaired) electrons. The van der Waals surface area contributed by atoms with Crippen molar-refractivity contribution in [2.24, 2.45) is 10.9 Å². The van der Waals surface area contributed by atoms with Crippen LogP contribution >= 0.6 is 0 Å². The molecule has 5 nitrogen and oxygen atoms in total. The van der Waals surface area contributed by atoms with Gasteiger partial charge in [0.1, 0.15) is 11.6 Å². The second-order valence-electron chi connectivity index (χ2n) is 8.09. The van der Waals surface area contributed by atoms with Gasteiger partial charge in [-0.05, 0) is 31.4 Å². The molecule has 3 rings (SSSR count). The summed E-state index contributed by atoms with van der Waals surface area (Å²) < 4.78 is 33.8. The zero-order valence-corrected chi connectivity index (χ0v) is 17.0. The van der Waals surface area contributed by atoms with Crippen LogP contribution in [0.25, 0.3) is 0 Å². The minimum Gasteiger partial charge on any atom is -0.374 e. The lowest BCUT2D eigenvalue weighted by Crippen LogP contribution is -2.46. The second-order valence-corrected chi connectivity index (χ2v) is 8.09. The summed E-state index contributed by atoms with van der Waals surface area (Å²) in [6, 6.07) is 4.03. The zero-order valence-electron chi connectivity index (χ0n) is 17.0. The molecule has 1 aliphatic carbocycles. The summed E-state index contributed by atoms with van der Waals surface area (Å²) in [7, 11) is 0. The summed E-state index contributed by atoms with van der Waals surface area (Å²) in [5.74, 6) is 0.204. The zero-order chi connectivity index (χ0) is 20.1. The molecule has 1 aliphatic heterocycles. The van der Waals surface area contributed by atoms with E-state index in [1.165, 1.54) is 18.2 Å². The lowest BCUT2D eigenvalue weighted by molar-refractivity contribution is -0.0261. The number of hydrogen-bond acceptors (Lipinski definition) is 3. The van der Waals surface area contributed by atoms with Crippen LogP contribution < -0.4 is 10.6 Å². The molecule has 28 heavy (non-hydrogen) atoms. The minimum atomic E-state index is -0.475. The van der Waals surface area contributed by atoms with Crippen LogP contribution in [0.2, 0.25) is 0 Å². The first kappa shape index (κ1) is 21.0. The number of hydrogen-bond donors (Lipinski definition) is 2. The number of morpholine rings is 1. The van der Waals surface area contributed by atoms with Crippen LogP contribution in [0.3, 0.4) is 0 Å². The van der Waals surface area contributed by atoms with Gasteiger partial charge in [0.15, 0.2) is 5.96 Å². The number of aliphatic imine (C=N–C) groups is 1. The molecule has 7 heteroatoms. The Labute approximate surface area is 166 Å². The average molecular weight is 395 g/mol. The third-order valence-corrected chi connectivity index (χ3v) is 5.13. The van der Waals surface area contributed by atoms with Crippen molar-refractivity contribution in [1.29, 1.82) is 0 Å². The summed E-state index contributed by atoms with van der Waals surface area (Å²) in [5, 5.41) is 6.53. The molecule has 0 bridgehead atoms. The van der Waals surface area contributed by atoms with E-state index >= 15 is 0 Å². The monoisotopic (exact) mass is 394 g/mol. The van der Waals surface area contributed by atoms with Crippen LogP contribution in [0, 0.1) is 17.6 Å². The van der Waals surface area contributed by atoms with Crippen molar-refractivity contribution in [3.63, 3.8) is 0 Å². The van der Waals surface area contributed by atoms with Crippen molar-refractivity contribution >= 4 is 5.96 Å². The normalized spacial score (nSPS) is 25.8. The fourth-order valence-electron chi connectivity index (χ4n) is 3.80. The van der Waals surface area contributed by atoms with Gasteiger partial charge in [0, 0.05) is 43.7 Å². The van der Waals surface area contributed by atoms with Crippen LogP contribution in [0.5, 0.6) is 0 Å². The van der Waals surface area contributed by atoms with Crippen molar-refractivity contribution in [3.8, 4) is 0 Å². The molecular formula is C21H32F2N4O. The van der Waals surface area contributed by atoms with Gasteiger partial charge < -0.3 is 15.4 Å². The Hall–Kier alpha value is -1.73. The molecule has 1 heterocycles. The fraction of sp³-hybridized carbons (Fsp3) is 0.667. The maximum absolute atomic E-state index is 14.0. The van der Waals surface area contributed by atoms with E-state index in [9.17, 15) is 8.78 Å². The summed E-state index contributed by atoms with van der Waals surface area (Å²) in [6.45, 7) is 11.4. The third-order valence-electron chi connectivity index (χ3n) is 5.13. The Morgan fingerprint density at radius 3 is 2.75 bits per heavy atom. The van der Waals surface area contributed by atoms with Crippen molar-refractivity contribution in [2.75, 3.05) is 39.3 Å². The minimum absolute atomic E-state index is 0.00564. The highest BCUT2D eigenvalue weighted by atomic mass is 19.1. The first-order valence-corrected chi connectivity index (χ1v) is 10.3. The highest BCUT2D eigenvalue weighted by molar-refractivity contribution is 5.80. The fourth-order valence-corrected chi connectivity index (χ4v) is 3.80. The molecule has 0 spiro atoms. The van der Waals surface area contributed by atoms with Crippen LogP contribution in [0.4, 0.5) is 8.78 Å². The van der Waals surface area contributed by atoms with Gasteiger partial charge in [-0.2, -0.15) is 0 Å². The molecular weight excluding hydrogens is 362 g/mol. The second kappa shape index (κ2) is 9.65. The van der Waals surface area contributed by atoms with E-state index in [-0.39, 0.29) is 23.6 Å². The van der Waals surface area contributed by atoms with Gasteiger partial charge in [-0.25, -0.2) is 8.78 Å². The molecule has 156 valence electrons. The molecule has 2 fully saturated rings. The Bertz CT molecular complexity index is 662. The predicted octanol–water partition coefficient (Wildman–Crippen LogP) is 2.73. The van der Waals surface area contributed by atoms with Crippen LogP contribution in [0.1, 0.15) is 38.7 Å². The number of guanidine groups is 1. The van der Waals surface area contributed by atoms with E-state index in [1.807, 2.05) is 6.92 Å². The van der Waals surface area contributed by atoms with Gasteiger partial charge in [0.2, 0.25) is 0 Å². The molecule has 1 aromatic rings. The smallest absolute Gasteiger partial charge is 0.191 e. The van der Waals surface area contributed by atoms with Gasteiger partial charge in [-0.15, -0.1) is 0 Å². The maximum Gasteiger partial charge on any atom is 0.191 e. The Balaban J connectivity index is 1.55. The maximum atomic E-state index is 14.0. The topological polar surface area (TPSA) is 48.9 Å². The van der Waals surface area contributed by atoms with Crippen molar-refractivity contribution < 1.29 is 13.5 Å². The van der Waals surface area contributed by atoms with Gasteiger partial charge in [-0.1, -0.05) is 19.9 Å². The number of nitrogens with zero attached hydrogens (tertiary/aromatic N) is 2. The van der Waals surface area contributed by atoms with Crippen LogP contribution in [-0.4, -0.2) is 62.3 Å². The van der Waals surface area contributed by atoms with Crippen molar-refractivity contribution in [3.05, 3.63) is 35.4 Å². The SMILES string of the molecule is CCNC(=NCC1CN(CC(C)C)CCO1)NC1CC1c1c(F)cccc1F. The van der Waals surface area contributed by atoms with Gasteiger partial charge in [0.25, 0.3) is 0 Å². The molecule has 2 N–H and O–H groups in total. The predicted molar refractivity (Wildman–Crippen MR) is 108 cm³/mol. The van der Waals surface area contributed by atoms with Gasteiger partial charge >= 0.3 is 0 Å². The Morgan fingerprint density at radius 2 is 2.07 bits per heavy atom. The number of ether oxygens (including phenoxy) is 1. The standard InChI is InChI=1S/C21H32F2N4O/c1-4-24-21(25-11-15-13-27(8-9-28-15)12-14(2)3)26-19-10-16(19)20-17(22)6-5-7-18(20)23/h5-7,14-16,19H,4,8-13H2,1-3H3,(H2,24,25,26). The van der Waals surface area contributed by atoms with Crippen molar-refractivity contribution in [2.45, 2.75) is 45.3 Å². The van der Waals surface area contributed by atoms with Crippen LogP contribution in [-0.2, 0) is 4.74 Å². The van der Waals surface area contributed by atoms with Crippen molar-refractivity contribution in [1.82, 2.24) is 15.5 Å². The Morgan fingerprint density at radius 1 is 1.32 bits per heavy atom. The molecule has 2 aliphatic rings. The van der Waals surface area contributed by atoms with Crippen LogP contribution in [0.15, 0.2) is 23.2 Å². The number of benzene rings is 1. The number of rotatable bonds is 7. The quantitative estimate of drug-likeness (QED) is 0.552. The first-order valence-electron chi connectivity index (χ1n) is 10.3. The van der Waals surface area contributed by atoms with Gasteiger partial charge in [-0.3, -0.25) is 9.89 Å². The Kier molecular flexibility index (Phi) is 7.24. The summed E-state index contributed by atoms with van der Waals surface area (Å²) in [6.07, 6.45) is 0.770. The number of nitrogens with one attached hydrogen (secondary N) is 2. The largest absolute Gasteiger partial charge is 0.374 e. The van der Waals surface area contributed by atoms with Gasteiger partial charge in [0.05, 0.1) is 19.3 Å². The molecule has 1 saturated carbocycles. The van der Waals surface area contributed by atoms with E-state index in [0.717, 1.165) is 32.8 Å². The lowest BCUT2D eigenvalue weighted by atomic mass is 10.1. The first-order chi connectivity index (χ1) is 13.5. The molecule has 3 atom stereocenters. The molecule has 0 aromatic heterocycles. The van der Waals surface area contributed by atoms with E-state index in [1.54, 1.807) is 0 Å². The average Bonchev–Trinajstić information content (AvgIpc) is 3.38. The summed E-state index contributed by atoms with van der Waals surface area (Å²) >= 11 is 0.